The number of rotatable bonds is 6. The maximum Gasteiger partial charge on any atom is 0.309 e. The molecule has 0 spiro atoms. The third kappa shape index (κ3) is 4.16. The fourth-order valence-electron chi connectivity index (χ4n) is 2.28. The number of carbonyl (C=O) groups excluding carboxylic acids is 1. The number of ether oxygens (including phenoxy) is 1. The summed E-state index contributed by atoms with van der Waals surface area (Å²) in [6.07, 6.45) is 2.32. The van der Waals surface area contributed by atoms with E-state index in [1.165, 1.54) is 12.7 Å². The van der Waals surface area contributed by atoms with Crippen LogP contribution in [-0.4, -0.2) is 22.9 Å². The highest BCUT2D eigenvalue weighted by atomic mass is 16.5. The standard InChI is InChI=1S/C16H21N3O2/c1-12-15(11-19(2)18-12)10-17-9-14-7-5-4-6-13(14)8-16(20)21-3/h4-7,11,17H,8-10H2,1-3H3. The lowest BCUT2D eigenvalue weighted by Crippen LogP contribution is -2.15. The van der Waals surface area contributed by atoms with Crippen molar-refractivity contribution in [2.24, 2.45) is 7.05 Å². The van der Waals surface area contributed by atoms with Crippen LogP contribution in [0.15, 0.2) is 30.5 Å². The van der Waals surface area contributed by atoms with E-state index in [-0.39, 0.29) is 5.97 Å². The normalized spacial score (nSPS) is 10.6. The molecule has 1 N–H and O–H groups in total. The fraction of sp³-hybridized carbons (Fsp3) is 0.375. The lowest BCUT2D eigenvalue weighted by atomic mass is 10.0. The minimum atomic E-state index is -0.217. The van der Waals surface area contributed by atoms with Gasteiger partial charge in [0.05, 0.1) is 19.2 Å². The lowest BCUT2D eigenvalue weighted by molar-refractivity contribution is -0.139. The highest BCUT2D eigenvalue weighted by Gasteiger charge is 2.08. The van der Waals surface area contributed by atoms with E-state index in [0.29, 0.717) is 13.0 Å². The van der Waals surface area contributed by atoms with E-state index in [0.717, 1.165) is 23.4 Å². The van der Waals surface area contributed by atoms with E-state index in [4.69, 9.17) is 4.74 Å². The minimum Gasteiger partial charge on any atom is -0.469 e. The van der Waals surface area contributed by atoms with Gasteiger partial charge in [0.1, 0.15) is 0 Å². The van der Waals surface area contributed by atoms with Crippen LogP contribution in [-0.2, 0) is 36.1 Å². The number of benzene rings is 1. The van der Waals surface area contributed by atoms with Crippen molar-refractivity contribution in [1.29, 1.82) is 0 Å². The second-order valence-corrected chi connectivity index (χ2v) is 5.04. The summed E-state index contributed by atoms with van der Waals surface area (Å²) in [6.45, 7) is 3.47. The number of aromatic nitrogens is 2. The van der Waals surface area contributed by atoms with Gasteiger partial charge in [0, 0.05) is 31.9 Å². The molecular formula is C16H21N3O2. The maximum absolute atomic E-state index is 11.4. The highest BCUT2D eigenvalue weighted by Crippen LogP contribution is 2.11. The van der Waals surface area contributed by atoms with E-state index in [1.807, 2.05) is 49.1 Å². The van der Waals surface area contributed by atoms with Crippen molar-refractivity contribution in [1.82, 2.24) is 15.1 Å². The van der Waals surface area contributed by atoms with Crippen LogP contribution in [0.2, 0.25) is 0 Å². The Morgan fingerprint density at radius 2 is 1.90 bits per heavy atom. The Labute approximate surface area is 124 Å². The number of nitrogens with zero attached hydrogens (tertiary/aromatic N) is 2. The van der Waals surface area contributed by atoms with Crippen molar-refractivity contribution in [2.75, 3.05) is 7.11 Å². The van der Waals surface area contributed by atoms with Gasteiger partial charge >= 0.3 is 5.97 Å². The molecule has 1 heterocycles. The maximum atomic E-state index is 11.4. The summed E-state index contributed by atoms with van der Waals surface area (Å²) in [5.41, 5.74) is 4.33. The summed E-state index contributed by atoms with van der Waals surface area (Å²) in [6, 6.07) is 7.91. The Morgan fingerprint density at radius 3 is 2.52 bits per heavy atom. The summed E-state index contributed by atoms with van der Waals surface area (Å²) in [7, 11) is 3.33. The zero-order valence-electron chi connectivity index (χ0n) is 12.7. The molecule has 5 nitrogen and oxygen atoms in total. The summed E-state index contributed by atoms with van der Waals surface area (Å²) >= 11 is 0. The van der Waals surface area contributed by atoms with Crippen molar-refractivity contribution in [3.05, 3.63) is 52.8 Å². The molecule has 21 heavy (non-hydrogen) atoms. The van der Waals surface area contributed by atoms with E-state index < -0.39 is 0 Å². The van der Waals surface area contributed by atoms with Gasteiger partial charge in [-0.1, -0.05) is 24.3 Å². The predicted octanol–water partition coefficient (Wildman–Crippen LogP) is 1.73. The van der Waals surface area contributed by atoms with E-state index >= 15 is 0 Å². The van der Waals surface area contributed by atoms with Gasteiger partial charge in [-0.25, -0.2) is 0 Å². The first-order chi connectivity index (χ1) is 10.1. The van der Waals surface area contributed by atoms with Gasteiger partial charge in [0.2, 0.25) is 0 Å². The molecule has 0 atom stereocenters. The van der Waals surface area contributed by atoms with Crippen LogP contribution in [0.25, 0.3) is 0 Å². The third-order valence-corrected chi connectivity index (χ3v) is 3.43. The second-order valence-electron chi connectivity index (χ2n) is 5.04. The van der Waals surface area contributed by atoms with Gasteiger partial charge in [0.15, 0.2) is 0 Å². The predicted molar refractivity (Wildman–Crippen MR) is 80.7 cm³/mol. The average molecular weight is 287 g/mol. The molecule has 1 aromatic carbocycles. The first-order valence-corrected chi connectivity index (χ1v) is 6.93. The molecule has 0 saturated heterocycles. The van der Waals surface area contributed by atoms with Gasteiger partial charge in [-0.05, 0) is 18.1 Å². The smallest absolute Gasteiger partial charge is 0.309 e. The molecule has 0 radical (unpaired) electrons. The average Bonchev–Trinajstić information content (AvgIpc) is 2.78. The van der Waals surface area contributed by atoms with Crippen molar-refractivity contribution < 1.29 is 9.53 Å². The molecule has 0 fully saturated rings. The third-order valence-electron chi connectivity index (χ3n) is 3.43. The molecule has 5 heteroatoms. The van der Waals surface area contributed by atoms with Gasteiger partial charge in [-0.2, -0.15) is 5.10 Å². The molecule has 2 aromatic rings. The number of carbonyl (C=O) groups is 1. The van der Waals surface area contributed by atoms with Crippen molar-refractivity contribution >= 4 is 5.97 Å². The zero-order valence-corrected chi connectivity index (χ0v) is 12.7. The van der Waals surface area contributed by atoms with Crippen LogP contribution in [0.3, 0.4) is 0 Å². The zero-order chi connectivity index (χ0) is 15.2. The van der Waals surface area contributed by atoms with Crippen LogP contribution in [0.4, 0.5) is 0 Å². The van der Waals surface area contributed by atoms with Crippen LogP contribution in [0.5, 0.6) is 0 Å². The summed E-state index contributed by atoms with van der Waals surface area (Å²) in [5, 5.41) is 7.72. The van der Waals surface area contributed by atoms with Crippen LogP contribution in [0.1, 0.15) is 22.4 Å². The Kier molecular flexibility index (Phi) is 5.11. The number of esters is 1. The first kappa shape index (κ1) is 15.3. The van der Waals surface area contributed by atoms with Gasteiger partial charge in [-0.15, -0.1) is 0 Å². The summed E-state index contributed by atoms with van der Waals surface area (Å²) in [5.74, 6) is -0.217. The number of aryl methyl sites for hydroxylation is 2. The topological polar surface area (TPSA) is 56.1 Å². The first-order valence-electron chi connectivity index (χ1n) is 6.93. The minimum absolute atomic E-state index is 0.217. The van der Waals surface area contributed by atoms with Gasteiger partial charge < -0.3 is 10.1 Å². The number of hydrogen-bond donors (Lipinski definition) is 1. The number of nitrogens with one attached hydrogen (secondary N) is 1. The molecule has 0 aliphatic rings. The van der Waals surface area contributed by atoms with Crippen molar-refractivity contribution in [3.8, 4) is 0 Å². The molecule has 112 valence electrons. The molecule has 1 aromatic heterocycles. The monoisotopic (exact) mass is 287 g/mol. The molecule has 0 saturated carbocycles. The van der Waals surface area contributed by atoms with Gasteiger partial charge in [-0.3, -0.25) is 9.48 Å². The number of methoxy groups -OCH3 is 1. The van der Waals surface area contributed by atoms with E-state index in [9.17, 15) is 4.79 Å². The van der Waals surface area contributed by atoms with Gasteiger partial charge in [0.25, 0.3) is 0 Å². The molecule has 0 aliphatic carbocycles. The van der Waals surface area contributed by atoms with E-state index in [1.54, 1.807) is 0 Å². The van der Waals surface area contributed by atoms with Crippen LogP contribution in [0, 0.1) is 6.92 Å². The molecule has 0 unspecified atom stereocenters. The Hall–Kier alpha value is -2.14. The Morgan fingerprint density at radius 1 is 1.24 bits per heavy atom. The highest BCUT2D eigenvalue weighted by molar-refractivity contribution is 5.72. The van der Waals surface area contributed by atoms with E-state index in [2.05, 4.69) is 10.4 Å². The SMILES string of the molecule is COC(=O)Cc1ccccc1CNCc1cn(C)nc1C. The number of hydrogen-bond acceptors (Lipinski definition) is 4. The molecular weight excluding hydrogens is 266 g/mol. The Balaban J connectivity index is 1.97. The van der Waals surface area contributed by atoms with Crippen LogP contribution >= 0.6 is 0 Å². The molecule has 0 aliphatic heterocycles. The molecule has 0 amide bonds. The van der Waals surface area contributed by atoms with Crippen LogP contribution < -0.4 is 5.32 Å². The van der Waals surface area contributed by atoms with Crippen molar-refractivity contribution in [3.63, 3.8) is 0 Å². The largest absolute Gasteiger partial charge is 0.469 e. The Bertz CT molecular complexity index is 620. The molecule has 0 bridgehead atoms. The molecule has 2 rings (SSSR count). The van der Waals surface area contributed by atoms with Crippen molar-refractivity contribution in [2.45, 2.75) is 26.4 Å². The second kappa shape index (κ2) is 7.04. The summed E-state index contributed by atoms with van der Waals surface area (Å²) < 4.78 is 6.55. The summed E-state index contributed by atoms with van der Waals surface area (Å²) in [4.78, 5) is 11.4. The lowest BCUT2D eigenvalue weighted by Gasteiger charge is -2.09. The fourth-order valence-corrected chi connectivity index (χ4v) is 2.28. The quantitative estimate of drug-likeness (QED) is 0.822.